The number of hydrogen-bond donors (Lipinski definition) is 1. The van der Waals surface area contributed by atoms with E-state index in [0.717, 1.165) is 24.4 Å². The van der Waals surface area contributed by atoms with Crippen molar-refractivity contribution in [2.75, 3.05) is 18.5 Å². The van der Waals surface area contributed by atoms with E-state index in [1.807, 2.05) is 19.1 Å². The largest absolute Gasteiger partial charge is 0.388 e. The van der Waals surface area contributed by atoms with Gasteiger partial charge in [0.15, 0.2) is 0 Å². The molecule has 1 aliphatic carbocycles. The van der Waals surface area contributed by atoms with Crippen LogP contribution in [0.1, 0.15) is 44.3 Å². The molecule has 2 nitrogen and oxygen atoms in total. The summed E-state index contributed by atoms with van der Waals surface area (Å²) in [5, 5.41) is 10.0. The molecule has 1 atom stereocenters. The lowest BCUT2D eigenvalue weighted by Gasteiger charge is -2.32. The molecule has 1 N–H and O–H groups in total. The molecule has 0 saturated heterocycles. The summed E-state index contributed by atoms with van der Waals surface area (Å²) in [6, 6.07) is 8.22. The van der Waals surface area contributed by atoms with Crippen LogP contribution in [0.2, 0.25) is 0 Å². The van der Waals surface area contributed by atoms with E-state index in [1.165, 1.54) is 24.9 Å². The van der Waals surface area contributed by atoms with Gasteiger partial charge in [0.05, 0.1) is 6.10 Å². The number of rotatable bonds is 5. The second-order valence-corrected chi connectivity index (χ2v) is 5.16. The van der Waals surface area contributed by atoms with E-state index in [2.05, 4.69) is 24.1 Å². The highest BCUT2D eigenvalue weighted by Gasteiger charge is 2.21. The number of para-hydroxylation sites is 1. The molecule has 0 aliphatic heterocycles. The lowest BCUT2D eigenvalue weighted by molar-refractivity contribution is 0.174. The summed E-state index contributed by atoms with van der Waals surface area (Å²) in [5.41, 5.74) is 2.26. The summed E-state index contributed by atoms with van der Waals surface area (Å²) in [4.78, 5) is 2.30. The van der Waals surface area contributed by atoms with Gasteiger partial charge in [-0.2, -0.15) is 0 Å². The normalized spacial score (nSPS) is 17.6. The van der Waals surface area contributed by atoms with Crippen molar-refractivity contribution in [2.24, 2.45) is 5.92 Å². The molecule has 1 aromatic carbocycles. The van der Waals surface area contributed by atoms with Crippen molar-refractivity contribution in [3.63, 3.8) is 0 Å². The first-order valence-electron chi connectivity index (χ1n) is 6.70. The SMILES string of the molecule is CC[C@H](O)c1ccccc1N(C)CC1CCC1. The summed E-state index contributed by atoms with van der Waals surface area (Å²) in [6.07, 6.45) is 4.55. The molecule has 1 saturated carbocycles. The maximum atomic E-state index is 10.0. The van der Waals surface area contributed by atoms with E-state index in [-0.39, 0.29) is 6.10 Å². The van der Waals surface area contributed by atoms with E-state index < -0.39 is 0 Å². The highest BCUT2D eigenvalue weighted by Crippen LogP contribution is 2.31. The van der Waals surface area contributed by atoms with E-state index >= 15 is 0 Å². The van der Waals surface area contributed by atoms with E-state index in [0.29, 0.717) is 0 Å². The quantitative estimate of drug-likeness (QED) is 0.843. The fraction of sp³-hybridized carbons (Fsp3) is 0.600. The molecule has 17 heavy (non-hydrogen) atoms. The third-order valence-corrected chi connectivity index (χ3v) is 3.85. The Labute approximate surface area is 104 Å². The Hall–Kier alpha value is -1.02. The minimum Gasteiger partial charge on any atom is -0.388 e. The molecule has 94 valence electrons. The first-order valence-corrected chi connectivity index (χ1v) is 6.70. The first-order chi connectivity index (χ1) is 8.22. The third-order valence-electron chi connectivity index (χ3n) is 3.85. The summed E-state index contributed by atoms with van der Waals surface area (Å²) >= 11 is 0. The summed E-state index contributed by atoms with van der Waals surface area (Å²) in [5.74, 6) is 0.854. The predicted octanol–water partition coefficient (Wildman–Crippen LogP) is 3.37. The molecule has 0 unspecified atom stereocenters. The van der Waals surface area contributed by atoms with Gasteiger partial charge in [-0.3, -0.25) is 0 Å². The number of aliphatic hydroxyl groups excluding tert-OH is 1. The van der Waals surface area contributed by atoms with Crippen molar-refractivity contribution in [3.8, 4) is 0 Å². The Bertz CT molecular complexity index is 360. The topological polar surface area (TPSA) is 23.5 Å². The minimum atomic E-state index is -0.338. The maximum Gasteiger partial charge on any atom is 0.0807 e. The zero-order valence-corrected chi connectivity index (χ0v) is 10.9. The fourth-order valence-electron chi connectivity index (χ4n) is 2.50. The monoisotopic (exact) mass is 233 g/mol. The van der Waals surface area contributed by atoms with Gasteiger partial charge in [0.1, 0.15) is 0 Å². The van der Waals surface area contributed by atoms with Crippen LogP contribution in [0.15, 0.2) is 24.3 Å². The van der Waals surface area contributed by atoms with Gasteiger partial charge < -0.3 is 10.0 Å². The van der Waals surface area contributed by atoms with Crippen LogP contribution in [-0.4, -0.2) is 18.7 Å². The van der Waals surface area contributed by atoms with Crippen molar-refractivity contribution in [3.05, 3.63) is 29.8 Å². The van der Waals surface area contributed by atoms with E-state index in [9.17, 15) is 5.11 Å². The van der Waals surface area contributed by atoms with Crippen LogP contribution in [-0.2, 0) is 0 Å². The van der Waals surface area contributed by atoms with Gasteiger partial charge in [-0.1, -0.05) is 31.5 Å². The van der Waals surface area contributed by atoms with Crippen LogP contribution in [0.4, 0.5) is 5.69 Å². The Balaban J connectivity index is 2.12. The molecule has 0 amide bonds. The third kappa shape index (κ3) is 2.81. The van der Waals surface area contributed by atoms with Crippen molar-refractivity contribution in [1.29, 1.82) is 0 Å². The van der Waals surface area contributed by atoms with Crippen molar-refractivity contribution in [2.45, 2.75) is 38.7 Å². The van der Waals surface area contributed by atoms with Gasteiger partial charge >= 0.3 is 0 Å². The van der Waals surface area contributed by atoms with Gasteiger partial charge in [0.25, 0.3) is 0 Å². The molecule has 2 rings (SSSR count). The van der Waals surface area contributed by atoms with Gasteiger partial charge in [-0.25, -0.2) is 0 Å². The number of aliphatic hydroxyl groups is 1. The number of benzene rings is 1. The molecule has 0 spiro atoms. The average Bonchev–Trinajstić information content (AvgIpc) is 2.32. The fourth-order valence-corrected chi connectivity index (χ4v) is 2.50. The van der Waals surface area contributed by atoms with Crippen LogP contribution < -0.4 is 4.90 Å². The van der Waals surface area contributed by atoms with Crippen molar-refractivity contribution < 1.29 is 5.11 Å². The molecule has 2 heteroatoms. The molecule has 0 radical (unpaired) electrons. The van der Waals surface area contributed by atoms with Gasteiger partial charge in [-0.05, 0) is 31.2 Å². The van der Waals surface area contributed by atoms with Crippen molar-refractivity contribution in [1.82, 2.24) is 0 Å². The van der Waals surface area contributed by atoms with Crippen LogP contribution in [0.25, 0.3) is 0 Å². The second kappa shape index (κ2) is 5.54. The summed E-state index contributed by atoms with van der Waals surface area (Å²) in [6.45, 7) is 3.14. The molecule has 0 bridgehead atoms. The molecule has 0 heterocycles. The Morgan fingerprint density at radius 3 is 2.65 bits per heavy atom. The second-order valence-electron chi connectivity index (χ2n) is 5.16. The van der Waals surface area contributed by atoms with Crippen LogP contribution >= 0.6 is 0 Å². The number of anilines is 1. The maximum absolute atomic E-state index is 10.0. The van der Waals surface area contributed by atoms with Gasteiger partial charge in [0.2, 0.25) is 0 Å². The molecular weight excluding hydrogens is 210 g/mol. The lowest BCUT2D eigenvalue weighted by Crippen LogP contribution is -2.30. The average molecular weight is 233 g/mol. The van der Waals surface area contributed by atoms with Gasteiger partial charge in [-0.15, -0.1) is 0 Å². The lowest BCUT2D eigenvalue weighted by atomic mass is 9.85. The summed E-state index contributed by atoms with van der Waals surface area (Å²) < 4.78 is 0. The molecule has 1 fully saturated rings. The Morgan fingerprint density at radius 1 is 1.35 bits per heavy atom. The Kier molecular flexibility index (Phi) is 4.06. The van der Waals surface area contributed by atoms with Gasteiger partial charge in [0, 0.05) is 24.8 Å². The standard InChI is InChI=1S/C15H23NO/c1-3-15(17)13-9-4-5-10-14(13)16(2)11-12-7-6-8-12/h4-5,9-10,12,15,17H,3,6-8,11H2,1-2H3/t15-/m0/s1. The molecule has 1 aromatic rings. The predicted molar refractivity (Wildman–Crippen MR) is 72.3 cm³/mol. The van der Waals surface area contributed by atoms with Crippen LogP contribution in [0.3, 0.4) is 0 Å². The van der Waals surface area contributed by atoms with E-state index in [1.54, 1.807) is 0 Å². The molecule has 1 aliphatic rings. The zero-order chi connectivity index (χ0) is 12.3. The van der Waals surface area contributed by atoms with Crippen LogP contribution in [0.5, 0.6) is 0 Å². The van der Waals surface area contributed by atoms with Crippen LogP contribution in [0, 0.1) is 5.92 Å². The van der Waals surface area contributed by atoms with Crippen molar-refractivity contribution >= 4 is 5.69 Å². The van der Waals surface area contributed by atoms with E-state index in [4.69, 9.17) is 0 Å². The number of nitrogens with zero attached hydrogens (tertiary/aromatic N) is 1. The minimum absolute atomic E-state index is 0.338. The molecular formula is C15H23NO. The molecule has 0 aromatic heterocycles. The zero-order valence-electron chi connectivity index (χ0n) is 10.9. The Morgan fingerprint density at radius 2 is 2.06 bits per heavy atom. The smallest absolute Gasteiger partial charge is 0.0807 e. The number of hydrogen-bond acceptors (Lipinski definition) is 2. The summed E-state index contributed by atoms with van der Waals surface area (Å²) in [7, 11) is 2.14. The first kappa shape index (κ1) is 12.4. The highest BCUT2D eigenvalue weighted by atomic mass is 16.3. The highest BCUT2D eigenvalue weighted by molar-refractivity contribution is 5.54.